The van der Waals surface area contributed by atoms with E-state index in [0.717, 1.165) is 26.5 Å². The van der Waals surface area contributed by atoms with Crippen molar-refractivity contribution in [3.63, 3.8) is 0 Å². The van der Waals surface area contributed by atoms with Crippen LogP contribution in [0.1, 0.15) is 22.5 Å². The number of hydrogen-bond donors (Lipinski definition) is 1. The molecule has 0 unspecified atom stereocenters. The van der Waals surface area contributed by atoms with Gasteiger partial charge in [-0.15, -0.1) is 0 Å². The fourth-order valence-electron chi connectivity index (χ4n) is 3.47. The number of carbonyl (C=O) groups is 1. The number of ether oxygens (including phenoxy) is 2. The van der Waals surface area contributed by atoms with Gasteiger partial charge in [-0.2, -0.15) is 0 Å². The van der Waals surface area contributed by atoms with E-state index in [1.165, 1.54) is 12.3 Å². The fraction of sp³-hybridized carbons (Fsp3) is 0.400. The standard InChI is InChI=1S/C25H32FIN4O3Si/c1-33-22-8-7-19(13-21(22)27)24-23(30-16-31(24)17-34-10-11-35(2,3)4)25(32)29-9-5-6-18-12-20(26)15-28-14-18/h7-8,12-16H,5-6,9-11,17H2,1-4H3,(H,29,32). The molecule has 1 N–H and O–H groups in total. The van der Waals surface area contributed by atoms with Crippen molar-refractivity contribution in [2.45, 2.75) is 45.3 Å². The molecule has 35 heavy (non-hydrogen) atoms. The zero-order valence-corrected chi connectivity index (χ0v) is 23.8. The molecule has 3 aromatic rings. The van der Waals surface area contributed by atoms with E-state index in [1.54, 1.807) is 19.6 Å². The lowest BCUT2D eigenvalue weighted by molar-refractivity contribution is 0.0879. The third-order valence-corrected chi connectivity index (χ3v) is 7.94. The van der Waals surface area contributed by atoms with Crippen LogP contribution in [0, 0.1) is 9.39 Å². The second-order valence-electron chi connectivity index (χ2n) is 9.48. The molecule has 0 spiro atoms. The summed E-state index contributed by atoms with van der Waals surface area (Å²) >= 11 is 2.22. The summed E-state index contributed by atoms with van der Waals surface area (Å²) in [7, 11) is 0.428. The third-order valence-electron chi connectivity index (χ3n) is 5.39. The number of nitrogens with zero attached hydrogens (tertiary/aromatic N) is 3. The van der Waals surface area contributed by atoms with Gasteiger partial charge in [0.1, 0.15) is 18.3 Å². The van der Waals surface area contributed by atoms with Gasteiger partial charge in [-0.1, -0.05) is 19.6 Å². The first-order valence-corrected chi connectivity index (χ1v) is 16.3. The Hall–Kier alpha value is -2.31. The number of pyridine rings is 1. The van der Waals surface area contributed by atoms with Crippen LogP contribution in [0.2, 0.25) is 25.7 Å². The zero-order chi connectivity index (χ0) is 25.4. The number of aromatic nitrogens is 3. The van der Waals surface area contributed by atoms with E-state index >= 15 is 0 Å². The monoisotopic (exact) mass is 610 g/mol. The molecule has 0 aliphatic rings. The highest BCUT2D eigenvalue weighted by atomic mass is 127. The number of halogens is 2. The predicted molar refractivity (Wildman–Crippen MR) is 146 cm³/mol. The maximum absolute atomic E-state index is 13.3. The summed E-state index contributed by atoms with van der Waals surface area (Å²) in [4.78, 5) is 21.4. The maximum Gasteiger partial charge on any atom is 0.272 e. The molecule has 1 aromatic carbocycles. The molecule has 2 heterocycles. The van der Waals surface area contributed by atoms with Gasteiger partial charge in [-0.25, -0.2) is 9.37 Å². The van der Waals surface area contributed by atoms with E-state index in [4.69, 9.17) is 9.47 Å². The zero-order valence-electron chi connectivity index (χ0n) is 20.6. The largest absolute Gasteiger partial charge is 0.496 e. The Labute approximate surface area is 220 Å². The van der Waals surface area contributed by atoms with E-state index in [0.29, 0.717) is 44.1 Å². The van der Waals surface area contributed by atoms with Crippen LogP contribution in [0.4, 0.5) is 4.39 Å². The van der Waals surface area contributed by atoms with Crippen molar-refractivity contribution < 1.29 is 18.7 Å². The third kappa shape index (κ3) is 8.11. The van der Waals surface area contributed by atoms with Gasteiger partial charge in [0.25, 0.3) is 5.91 Å². The molecule has 0 aliphatic heterocycles. The van der Waals surface area contributed by atoms with Crippen LogP contribution in [-0.4, -0.2) is 48.8 Å². The van der Waals surface area contributed by atoms with E-state index in [1.807, 2.05) is 22.8 Å². The Bertz CT molecular complexity index is 1150. The molecule has 188 valence electrons. The molecule has 7 nitrogen and oxygen atoms in total. The molecule has 0 saturated carbocycles. The van der Waals surface area contributed by atoms with Gasteiger partial charge in [-0.3, -0.25) is 9.78 Å². The Kier molecular flexibility index (Phi) is 9.81. The van der Waals surface area contributed by atoms with E-state index in [-0.39, 0.29) is 11.7 Å². The van der Waals surface area contributed by atoms with Gasteiger partial charge in [0, 0.05) is 33.0 Å². The van der Waals surface area contributed by atoms with Crippen LogP contribution >= 0.6 is 22.6 Å². The van der Waals surface area contributed by atoms with E-state index in [2.05, 4.69) is 57.5 Å². The minimum atomic E-state index is -1.20. The van der Waals surface area contributed by atoms with Crippen molar-refractivity contribution in [1.82, 2.24) is 19.9 Å². The smallest absolute Gasteiger partial charge is 0.272 e. The van der Waals surface area contributed by atoms with Gasteiger partial charge in [0.15, 0.2) is 5.69 Å². The molecule has 10 heteroatoms. The summed E-state index contributed by atoms with van der Waals surface area (Å²) in [6.07, 6.45) is 5.74. The van der Waals surface area contributed by atoms with Crippen molar-refractivity contribution in [1.29, 1.82) is 0 Å². The lowest BCUT2D eigenvalue weighted by atomic mass is 10.1. The van der Waals surface area contributed by atoms with Gasteiger partial charge in [0.05, 0.1) is 28.9 Å². The number of aryl methyl sites for hydroxylation is 1. The summed E-state index contributed by atoms with van der Waals surface area (Å²) in [6.45, 7) is 8.36. The van der Waals surface area contributed by atoms with Gasteiger partial charge < -0.3 is 19.4 Å². The highest BCUT2D eigenvalue weighted by Gasteiger charge is 2.21. The summed E-state index contributed by atoms with van der Waals surface area (Å²) < 4.78 is 27.5. The van der Waals surface area contributed by atoms with Crippen LogP contribution in [0.25, 0.3) is 11.3 Å². The van der Waals surface area contributed by atoms with Crippen molar-refractivity contribution in [3.05, 3.63) is 63.6 Å². The molecular formula is C25H32FIN4O3Si. The SMILES string of the molecule is COc1ccc(-c2c(C(=O)NCCCc3cncc(F)c3)ncn2COCC[Si](C)(C)C)cc1I. The number of imidazole rings is 1. The Balaban J connectivity index is 1.73. The van der Waals surface area contributed by atoms with Crippen LogP contribution in [-0.2, 0) is 17.9 Å². The van der Waals surface area contributed by atoms with E-state index < -0.39 is 8.07 Å². The number of hydrogen-bond acceptors (Lipinski definition) is 5. The molecule has 0 atom stereocenters. The van der Waals surface area contributed by atoms with Crippen molar-refractivity contribution >= 4 is 36.6 Å². The van der Waals surface area contributed by atoms with Crippen LogP contribution in [0.3, 0.4) is 0 Å². The number of methoxy groups -OCH3 is 1. The average Bonchev–Trinajstić information content (AvgIpc) is 3.23. The number of amides is 1. The molecule has 0 aliphatic carbocycles. The topological polar surface area (TPSA) is 78.3 Å². The predicted octanol–water partition coefficient (Wildman–Crippen LogP) is 5.37. The second-order valence-corrected chi connectivity index (χ2v) is 16.3. The Morgan fingerprint density at radius 1 is 1.23 bits per heavy atom. The first-order chi connectivity index (χ1) is 16.7. The van der Waals surface area contributed by atoms with Crippen LogP contribution in [0.5, 0.6) is 5.75 Å². The summed E-state index contributed by atoms with van der Waals surface area (Å²) in [6, 6.07) is 8.30. The highest BCUT2D eigenvalue weighted by molar-refractivity contribution is 14.1. The number of benzene rings is 1. The van der Waals surface area contributed by atoms with Crippen LogP contribution < -0.4 is 10.1 Å². The molecule has 2 aromatic heterocycles. The number of nitrogens with one attached hydrogen (secondary N) is 1. The minimum Gasteiger partial charge on any atom is -0.496 e. The molecule has 3 rings (SSSR count). The van der Waals surface area contributed by atoms with Gasteiger partial charge >= 0.3 is 0 Å². The minimum absolute atomic E-state index is 0.260. The molecule has 0 bridgehead atoms. The summed E-state index contributed by atoms with van der Waals surface area (Å²) in [5.41, 5.74) is 2.70. The summed E-state index contributed by atoms with van der Waals surface area (Å²) in [5.74, 6) is 0.150. The van der Waals surface area contributed by atoms with Gasteiger partial charge in [0.2, 0.25) is 0 Å². The molecule has 0 saturated heterocycles. The van der Waals surface area contributed by atoms with Gasteiger partial charge in [-0.05, 0) is 71.3 Å². The normalized spacial score (nSPS) is 11.5. The molecule has 0 fully saturated rings. The highest BCUT2D eigenvalue weighted by Crippen LogP contribution is 2.30. The molecular weight excluding hydrogens is 578 g/mol. The first kappa shape index (κ1) is 27.3. The van der Waals surface area contributed by atoms with E-state index in [9.17, 15) is 9.18 Å². The maximum atomic E-state index is 13.3. The fourth-order valence-corrected chi connectivity index (χ4v) is 4.97. The second kappa shape index (κ2) is 12.6. The Morgan fingerprint density at radius 3 is 2.71 bits per heavy atom. The van der Waals surface area contributed by atoms with Crippen LogP contribution in [0.15, 0.2) is 43.0 Å². The quantitative estimate of drug-likeness (QED) is 0.170. The number of carbonyl (C=O) groups excluding carboxylic acids is 1. The first-order valence-electron chi connectivity index (χ1n) is 11.5. The van der Waals surface area contributed by atoms with Crippen molar-refractivity contribution in [3.8, 4) is 17.0 Å². The summed E-state index contributed by atoms with van der Waals surface area (Å²) in [5, 5.41) is 2.94. The molecule has 0 radical (unpaired) electrons. The Morgan fingerprint density at radius 2 is 2.03 bits per heavy atom. The lowest BCUT2D eigenvalue weighted by Gasteiger charge is -2.16. The average molecular weight is 611 g/mol. The van der Waals surface area contributed by atoms with Crippen molar-refractivity contribution in [2.24, 2.45) is 0 Å². The lowest BCUT2D eigenvalue weighted by Crippen LogP contribution is -2.26. The number of rotatable bonds is 12. The van der Waals surface area contributed by atoms with Crippen molar-refractivity contribution in [2.75, 3.05) is 20.3 Å². The molecule has 1 amide bonds.